The summed E-state index contributed by atoms with van der Waals surface area (Å²) in [6.07, 6.45) is 1.60. The first-order valence-corrected chi connectivity index (χ1v) is 6.06. The van der Waals surface area contributed by atoms with Crippen molar-refractivity contribution >= 4 is 31.8 Å². The summed E-state index contributed by atoms with van der Waals surface area (Å²) in [6, 6.07) is 6.62. The van der Waals surface area contributed by atoms with Gasteiger partial charge in [-0.15, -0.1) is 0 Å². The molecule has 2 N–H and O–H groups in total. The third-order valence-corrected chi connectivity index (χ3v) is 2.71. The summed E-state index contributed by atoms with van der Waals surface area (Å²) in [4.78, 5) is 11.2. The molecule has 0 radical (unpaired) electrons. The van der Waals surface area contributed by atoms with Gasteiger partial charge in [0.15, 0.2) is 0 Å². The standard InChI is InChI=1S/C10H11AsN2O2/c1-2-7-12-10(14)13-9-5-3-8(11-15)4-6-9/h2-6H,1,7H2,(H2,12,13,14). The van der Waals surface area contributed by atoms with Gasteiger partial charge in [-0.05, 0) is 0 Å². The van der Waals surface area contributed by atoms with Crippen LogP contribution in [0.3, 0.4) is 0 Å². The van der Waals surface area contributed by atoms with Crippen molar-refractivity contribution in [3.8, 4) is 0 Å². The van der Waals surface area contributed by atoms with Gasteiger partial charge in [-0.25, -0.2) is 0 Å². The number of nitrogens with one attached hydrogen (secondary N) is 2. The average Bonchev–Trinajstić information content (AvgIpc) is 2.27. The van der Waals surface area contributed by atoms with E-state index in [2.05, 4.69) is 17.2 Å². The first-order chi connectivity index (χ1) is 7.26. The van der Waals surface area contributed by atoms with Crippen molar-refractivity contribution in [3.63, 3.8) is 0 Å². The molecule has 0 saturated carbocycles. The fourth-order valence-electron chi connectivity index (χ4n) is 0.946. The van der Waals surface area contributed by atoms with Gasteiger partial charge in [-0.1, -0.05) is 0 Å². The van der Waals surface area contributed by atoms with Crippen LogP contribution in [0, 0.1) is 0 Å². The molecule has 2 amide bonds. The molecule has 0 spiro atoms. The van der Waals surface area contributed by atoms with E-state index in [1.165, 1.54) is 0 Å². The normalized spacial score (nSPS) is 9.60. The van der Waals surface area contributed by atoms with E-state index >= 15 is 0 Å². The molecule has 0 aromatic heterocycles. The molecule has 0 heterocycles. The Morgan fingerprint density at radius 3 is 2.60 bits per heavy atom. The van der Waals surface area contributed by atoms with Gasteiger partial charge in [0.2, 0.25) is 0 Å². The fourth-order valence-corrected chi connectivity index (χ4v) is 1.51. The van der Waals surface area contributed by atoms with Crippen LogP contribution in [0.25, 0.3) is 0 Å². The Labute approximate surface area is 94.7 Å². The number of hydrogen-bond acceptors (Lipinski definition) is 2. The summed E-state index contributed by atoms with van der Waals surface area (Å²) in [6.45, 7) is 3.91. The second kappa shape index (κ2) is 6.14. The molecule has 0 bridgehead atoms. The molecule has 1 aromatic carbocycles. The van der Waals surface area contributed by atoms with E-state index in [4.69, 9.17) is 0 Å². The van der Waals surface area contributed by atoms with E-state index in [0.717, 1.165) is 4.35 Å². The minimum atomic E-state index is -0.996. The average molecular weight is 266 g/mol. The Balaban J connectivity index is 2.53. The number of rotatable bonds is 4. The second-order valence-electron chi connectivity index (χ2n) is 2.76. The van der Waals surface area contributed by atoms with Crippen LogP contribution in [0.1, 0.15) is 0 Å². The summed E-state index contributed by atoms with van der Waals surface area (Å²) in [5.41, 5.74) is 0.676. The van der Waals surface area contributed by atoms with Crippen molar-refractivity contribution in [2.24, 2.45) is 0 Å². The van der Waals surface area contributed by atoms with Crippen molar-refractivity contribution in [2.75, 3.05) is 11.9 Å². The maximum atomic E-state index is 11.2. The van der Waals surface area contributed by atoms with E-state index in [9.17, 15) is 8.53 Å². The number of hydrogen-bond donors (Lipinski definition) is 2. The van der Waals surface area contributed by atoms with Crippen LogP contribution >= 0.6 is 0 Å². The molecule has 0 aliphatic carbocycles. The summed E-state index contributed by atoms with van der Waals surface area (Å²) in [5.74, 6) is 0. The first kappa shape index (κ1) is 11.7. The topological polar surface area (TPSA) is 58.2 Å². The Morgan fingerprint density at radius 2 is 2.07 bits per heavy atom. The molecule has 0 saturated heterocycles. The van der Waals surface area contributed by atoms with Gasteiger partial charge in [0.1, 0.15) is 0 Å². The van der Waals surface area contributed by atoms with Gasteiger partial charge in [-0.2, -0.15) is 0 Å². The molecule has 1 aromatic rings. The molecule has 5 heteroatoms. The molecule has 0 unspecified atom stereocenters. The van der Waals surface area contributed by atoms with Crippen molar-refractivity contribution in [1.82, 2.24) is 5.32 Å². The van der Waals surface area contributed by atoms with Crippen LogP contribution in [0.15, 0.2) is 36.9 Å². The van der Waals surface area contributed by atoms with Gasteiger partial charge in [0, 0.05) is 0 Å². The predicted octanol–water partition coefficient (Wildman–Crippen LogP) is 0.669. The molecule has 4 nitrogen and oxygen atoms in total. The van der Waals surface area contributed by atoms with Crippen molar-refractivity contribution in [2.45, 2.75) is 0 Å². The SMILES string of the molecule is C=CCNC(=O)Nc1ccc([As]=O)cc1. The van der Waals surface area contributed by atoms with Gasteiger partial charge in [0.25, 0.3) is 0 Å². The fraction of sp³-hybridized carbons (Fsp3) is 0.100. The Morgan fingerprint density at radius 1 is 1.40 bits per heavy atom. The van der Waals surface area contributed by atoms with E-state index < -0.39 is 15.7 Å². The van der Waals surface area contributed by atoms with E-state index in [-0.39, 0.29) is 6.03 Å². The zero-order valence-electron chi connectivity index (χ0n) is 8.06. The molecule has 0 aliphatic heterocycles. The second-order valence-corrected chi connectivity index (χ2v) is 4.23. The van der Waals surface area contributed by atoms with Crippen LogP contribution < -0.4 is 15.0 Å². The van der Waals surface area contributed by atoms with Gasteiger partial charge in [0.05, 0.1) is 0 Å². The first-order valence-electron chi connectivity index (χ1n) is 4.35. The summed E-state index contributed by atoms with van der Waals surface area (Å²) in [5, 5.41) is 5.22. The zero-order chi connectivity index (χ0) is 11.1. The zero-order valence-corrected chi connectivity index (χ0v) is 9.94. The van der Waals surface area contributed by atoms with Crippen molar-refractivity contribution in [1.29, 1.82) is 0 Å². The molecule has 0 atom stereocenters. The van der Waals surface area contributed by atoms with Crippen LogP contribution in [0.4, 0.5) is 10.5 Å². The molecular weight excluding hydrogens is 255 g/mol. The number of urea groups is 1. The molecule has 15 heavy (non-hydrogen) atoms. The van der Waals surface area contributed by atoms with Crippen LogP contribution in [-0.4, -0.2) is 28.3 Å². The Kier molecular flexibility index (Phi) is 4.78. The Bertz CT molecular complexity index is 362. The van der Waals surface area contributed by atoms with Crippen molar-refractivity contribution < 1.29 is 8.53 Å². The monoisotopic (exact) mass is 266 g/mol. The molecule has 0 aliphatic rings. The summed E-state index contributed by atoms with van der Waals surface area (Å²) in [7, 11) is 0. The molecular formula is C10H11AsN2O2. The third kappa shape index (κ3) is 4.08. The Hall–Kier alpha value is -1.41. The van der Waals surface area contributed by atoms with Crippen LogP contribution in [-0.2, 0) is 3.74 Å². The quantitative estimate of drug-likeness (QED) is 0.621. The molecule has 78 valence electrons. The van der Waals surface area contributed by atoms with Gasteiger partial charge >= 0.3 is 94.4 Å². The van der Waals surface area contributed by atoms with E-state index in [1.54, 1.807) is 30.3 Å². The number of carbonyl (C=O) groups excluding carboxylic acids is 1. The van der Waals surface area contributed by atoms with Gasteiger partial charge in [-0.3, -0.25) is 0 Å². The minimum absolute atomic E-state index is 0.280. The van der Waals surface area contributed by atoms with Crippen LogP contribution in [0.2, 0.25) is 0 Å². The summed E-state index contributed by atoms with van der Waals surface area (Å²) < 4.78 is 11.4. The van der Waals surface area contributed by atoms with Gasteiger partial charge < -0.3 is 0 Å². The molecule has 0 fully saturated rings. The number of benzene rings is 1. The van der Waals surface area contributed by atoms with Crippen molar-refractivity contribution in [3.05, 3.63) is 36.9 Å². The summed E-state index contributed by atoms with van der Waals surface area (Å²) >= 11 is -0.996. The molecule has 1 rings (SSSR count). The predicted molar refractivity (Wildman–Crippen MR) is 59.7 cm³/mol. The number of amides is 2. The van der Waals surface area contributed by atoms with Crippen LogP contribution in [0.5, 0.6) is 0 Å². The number of carbonyl (C=O) groups is 1. The number of anilines is 1. The maximum absolute atomic E-state index is 11.2. The van der Waals surface area contributed by atoms with E-state index in [0.29, 0.717) is 12.2 Å². The van der Waals surface area contributed by atoms with E-state index in [1.807, 2.05) is 0 Å². The third-order valence-electron chi connectivity index (χ3n) is 1.64.